The average molecular weight is 310 g/mol. The van der Waals surface area contributed by atoms with Gasteiger partial charge >= 0.3 is 5.97 Å². The third-order valence-electron chi connectivity index (χ3n) is 3.18. The van der Waals surface area contributed by atoms with Crippen molar-refractivity contribution in [3.63, 3.8) is 0 Å². The zero-order valence-electron chi connectivity index (χ0n) is 11.1. The molecule has 1 saturated heterocycles. The number of hydrogen-bond donors (Lipinski definition) is 1. The minimum absolute atomic E-state index is 0.000747. The number of sulfonamides is 1. The van der Waals surface area contributed by atoms with Gasteiger partial charge in [0.15, 0.2) is 0 Å². The maximum Gasteiger partial charge on any atom is 0.324 e. The van der Waals surface area contributed by atoms with Crippen LogP contribution in [-0.2, 0) is 26.0 Å². The second kappa shape index (κ2) is 6.22. The van der Waals surface area contributed by atoms with E-state index < -0.39 is 22.0 Å². The third-order valence-corrected chi connectivity index (χ3v) is 5.10. The zero-order chi connectivity index (χ0) is 15.5. The Kier molecular flexibility index (Phi) is 4.57. The molecule has 0 spiro atoms. The van der Waals surface area contributed by atoms with Crippen molar-refractivity contribution < 1.29 is 23.1 Å². The SMILES string of the molecule is N#CCc1ccc(S(=O)(=O)N2CCOCC2C(=O)O)cc1. The molecule has 2 rings (SSSR count). The molecule has 1 heterocycles. The van der Waals surface area contributed by atoms with Crippen molar-refractivity contribution in [1.29, 1.82) is 5.26 Å². The largest absolute Gasteiger partial charge is 0.480 e. The van der Waals surface area contributed by atoms with Crippen molar-refractivity contribution in [2.24, 2.45) is 0 Å². The lowest BCUT2D eigenvalue weighted by atomic mass is 10.2. The minimum atomic E-state index is -3.90. The summed E-state index contributed by atoms with van der Waals surface area (Å²) in [6.45, 7) is -0.00411. The lowest BCUT2D eigenvalue weighted by molar-refractivity contribution is -0.146. The number of carboxylic acids is 1. The van der Waals surface area contributed by atoms with Gasteiger partial charge in [-0.3, -0.25) is 4.79 Å². The first-order valence-corrected chi connectivity index (χ1v) is 7.69. The van der Waals surface area contributed by atoms with E-state index in [1.807, 2.05) is 6.07 Å². The number of ether oxygens (including phenoxy) is 1. The van der Waals surface area contributed by atoms with Crippen LogP contribution < -0.4 is 0 Å². The summed E-state index contributed by atoms with van der Waals surface area (Å²) >= 11 is 0. The van der Waals surface area contributed by atoms with Crippen molar-refractivity contribution in [2.75, 3.05) is 19.8 Å². The van der Waals surface area contributed by atoms with Crippen LogP contribution in [0.5, 0.6) is 0 Å². The molecule has 0 saturated carbocycles. The number of hydrogen-bond acceptors (Lipinski definition) is 5. The Morgan fingerprint density at radius 3 is 2.67 bits per heavy atom. The van der Waals surface area contributed by atoms with E-state index in [2.05, 4.69) is 0 Å². The molecule has 112 valence electrons. The maximum atomic E-state index is 12.5. The Balaban J connectivity index is 2.31. The van der Waals surface area contributed by atoms with Gasteiger partial charge in [0.25, 0.3) is 0 Å². The first-order chi connectivity index (χ1) is 9.96. The van der Waals surface area contributed by atoms with E-state index in [9.17, 15) is 13.2 Å². The number of morpholine rings is 1. The number of nitriles is 1. The molecule has 0 radical (unpaired) electrons. The minimum Gasteiger partial charge on any atom is -0.480 e. The van der Waals surface area contributed by atoms with Crippen LogP contribution >= 0.6 is 0 Å². The Hall–Kier alpha value is -1.95. The first-order valence-electron chi connectivity index (χ1n) is 6.25. The first kappa shape index (κ1) is 15.4. The quantitative estimate of drug-likeness (QED) is 0.852. The standard InChI is InChI=1S/C13H14N2O5S/c14-6-5-10-1-3-11(4-2-10)21(18,19)15-7-8-20-9-12(15)13(16)17/h1-4,12H,5,7-9H2,(H,16,17). The van der Waals surface area contributed by atoms with Crippen molar-refractivity contribution in [1.82, 2.24) is 4.31 Å². The molecule has 1 unspecified atom stereocenters. The molecule has 0 aliphatic carbocycles. The molecule has 0 aromatic heterocycles. The van der Waals surface area contributed by atoms with E-state index in [1.54, 1.807) is 12.1 Å². The topological polar surface area (TPSA) is 108 Å². The van der Waals surface area contributed by atoms with E-state index in [0.29, 0.717) is 5.56 Å². The molecule has 21 heavy (non-hydrogen) atoms. The number of benzene rings is 1. The molecule has 1 N–H and O–H groups in total. The fraction of sp³-hybridized carbons (Fsp3) is 0.385. The number of nitrogens with zero attached hydrogens (tertiary/aromatic N) is 2. The molecule has 1 atom stereocenters. The highest BCUT2D eigenvalue weighted by Crippen LogP contribution is 2.21. The molecule has 1 aliphatic heterocycles. The molecular weight excluding hydrogens is 296 g/mol. The summed E-state index contributed by atoms with van der Waals surface area (Å²) in [5, 5.41) is 17.7. The molecule has 1 aliphatic rings. The zero-order valence-corrected chi connectivity index (χ0v) is 11.9. The molecular formula is C13H14N2O5S. The van der Waals surface area contributed by atoms with Gasteiger partial charge in [-0.2, -0.15) is 9.57 Å². The molecule has 1 aromatic carbocycles. The predicted octanol–water partition coefficient (Wildman–Crippen LogP) is 0.227. The highest BCUT2D eigenvalue weighted by Gasteiger charge is 2.38. The van der Waals surface area contributed by atoms with Crippen molar-refractivity contribution >= 4 is 16.0 Å². The van der Waals surface area contributed by atoms with E-state index in [4.69, 9.17) is 15.1 Å². The molecule has 0 bridgehead atoms. The second-order valence-electron chi connectivity index (χ2n) is 4.52. The van der Waals surface area contributed by atoms with Gasteiger partial charge in [-0.1, -0.05) is 12.1 Å². The fourth-order valence-corrected chi connectivity index (χ4v) is 3.63. The van der Waals surface area contributed by atoms with Crippen LogP contribution in [0, 0.1) is 11.3 Å². The number of aliphatic carboxylic acids is 1. The monoisotopic (exact) mass is 310 g/mol. The molecule has 1 aromatic rings. The molecule has 8 heteroatoms. The molecule has 1 fully saturated rings. The molecule has 7 nitrogen and oxygen atoms in total. The number of carbonyl (C=O) groups is 1. The molecule has 0 amide bonds. The summed E-state index contributed by atoms with van der Waals surface area (Å²) in [6.07, 6.45) is 0.190. The highest BCUT2D eigenvalue weighted by atomic mass is 32.2. The summed E-state index contributed by atoms with van der Waals surface area (Å²) in [5.74, 6) is -1.24. The Morgan fingerprint density at radius 1 is 1.43 bits per heavy atom. The Bertz CT molecular complexity index is 663. The van der Waals surface area contributed by atoms with Gasteiger partial charge in [0.2, 0.25) is 10.0 Å². The lowest BCUT2D eigenvalue weighted by Crippen LogP contribution is -2.52. The van der Waals surface area contributed by atoms with Crippen LogP contribution in [0.4, 0.5) is 0 Å². The lowest BCUT2D eigenvalue weighted by Gasteiger charge is -2.31. The number of carboxylic acid groups (broad SMARTS) is 1. The number of rotatable bonds is 4. The summed E-state index contributed by atoms with van der Waals surface area (Å²) in [6, 6.07) is 6.62. The van der Waals surface area contributed by atoms with Crippen LogP contribution in [0.25, 0.3) is 0 Å². The van der Waals surface area contributed by atoms with Gasteiger partial charge < -0.3 is 9.84 Å². The van der Waals surface area contributed by atoms with Crippen LogP contribution in [0.2, 0.25) is 0 Å². The summed E-state index contributed by atoms with van der Waals surface area (Å²) in [4.78, 5) is 11.2. The van der Waals surface area contributed by atoms with E-state index in [0.717, 1.165) is 4.31 Å². The van der Waals surface area contributed by atoms with Crippen molar-refractivity contribution in [3.05, 3.63) is 29.8 Å². The fourth-order valence-electron chi connectivity index (χ4n) is 2.08. The van der Waals surface area contributed by atoms with E-state index in [-0.39, 0.29) is 31.1 Å². The van der Waals surface area contributed by atoms with E-state index in [1.165, 1.54) is 12.1 Å². The van der Waals surface area contributed by atoms with Gasteiger partial charge in [0.1, 0.15) is 6.04 Å². The van der Waals surface area contributed by atoms with Gasteiger partial charge in [-0.05, 0) is 17.7 Å². The van der Waals surface area contributed by atoms with Gasteiger partial charge in [-0.25, -0.2) is 8.42 Å². The highest BCUT2D eigenvalue weighted by molar-refractivity contribution is 7.89. The summed E-state index contributed by atoms with van der Waals surface area (Å²) in [5.41, 5.74) is 0.702. The summed E-state index contributed by atoms with van der Waals surface area (Å²) < 4.78 is 31.0. The maximum absolute atomic E-state index is 12.5. The van der Waals surface area contributed by atoms with Crippen LogP contribution in [0.3, 0.4) is 0 Å². The second-order valence-corrected chi connectivity index (χ2v) is 6.41. The Labute approximate surface area is 122 Å². The van der Waals surface area contributed by atoms with Crippen LogP contribution in [0.1, 0.15) is 5.56 Å². The van der Waals surface area contributed by atoms with Crippen LogP contribution in [-0.4, -0.2) is 49.6 Å². The Morgan fingerprint density at radius 2 is 2.10 bits per heavy atom. The van der Waals surface area contributed by atoms with Gasteiger partial charge in [-0.15, -0.1) is 0 Å². The smallest absolute Gasteiger partial charge is 0.324 e. The predicted molar refractivity (Wildman–Crippen MR) is 71.9 cm³/mol. The third kappa shape index (κ3) is 3.21. The van der Waals surface area contributed by atoms with E-state index >= 15 is 0 Å². The average Bonchev–Trinajstić information content (AvgIpc) is 2.48. The normalized spacial score (nSPS) is 19.9. The van der Waals surface area contributed by atoms with Crippen molar-refractivity contribution in [2.45, 2.75) is 17.4 Å². The van der Waals surface area contributed by atoms with Gasteiger partial charge in [0, 0.05) is 6.54 Å². The van der Waals surface area contributed by atoms with Gasteiger partial charge in [0.05, 0.1) is 30.6 Å². The summed E-state index contributed by atoms with van der Waals surface area (Å²) in [7, 11) is -3.90. The van der Waals surface area contributed by atoms with Crippen molar-refractivity contribution in [3.8, 4) is 6.07 Å². The van der Waals surface area contributed by atoms with Crippen LogP contribution in [0.15, 0.2) is 29.2 Å².